The summed E-state index contributed by atoms with van der Waals surface area (Å²) in [4.78, 5) is 14.6. The van der Waals surface area contributed by atoms with Gasteiger partial charge in [0.15, 0.2) is 11.6 Å². The van der Waals surface area contributed by atoms with Crippen LogP contribution in [-0.4, -0.2) is 28.0 Å². The summed E-state index contributed by atoms with van der Waals surface area (Å²) in [6.07, 6.45) is 3.75. The number of aromatic nitrogens is 3. The lowest BCUT2D eigenvalue weighted by atomic mass is 9.97. The van der Waals surface area contributed by atoms with E-state index in [0.717, 1.165) is 31.2 Å². The number of halogens is 2. The van der Waals surface area contributed by atoms with Gasteiger partial charge in [-0.3, -0.25) is 0 Å². The summed E-state index contributed by atoms with van der Waals surface area (Å²) >= 11 is 0. The van der Waals surface area contributed by atoms with Crippen molar-refractivity contribution in [3.8, 4) is 0 Å². The van der Waals surface area contributed by atoms with Gasteiger partial charge in [-0.15, -0.1) is 0 Å². The van der Waals surface area contributed by atoms with Crippen LogP contribution in [0.5, 0.6) is 0 Å². The topological polar surface area (TPSA) is 67.9 Å². The van der Waals surface area contributed by atoms with E-state index in [9.17, 15) is 8.78 Å². The molecule has 5 nitrogen and oxygen atoms in total. The molecule has 0 radical (unpaired) electrons. The van der Waals surface area contributed by atoms with Crippen LogP contribution in [0.25, 0.3) is 0 Å². The third kappa shape index (κ3) is 3.60. The van der Waals surface area contributed by atoms with E-state index >= 15 is 0 Å². The molecular weight excluding hydrogens is 312 g/mol. The molecule has 1 aromatic heterocycles. The van der Waals surface area contributed by atoms with Crippen LogP contribution in [0.15, 0.2) is 18.2 Å². The molecule has 3 rings (SSSR count). The van der Waals surface area contributed by atoms with Crippen molar-refractivity contribution >= 4 is 11.9 Å². The number of rotatable bonds is 4. The van der Waals surface area contributed by atoms with Gasteiger partial charge in [0, 0.05) is 13.1 Å². The van der Waals surface area contributed by atoms with Crippen LogP contribution in [0, 0.1) is 24.5 Å². The zero-order chi connectivity index (χ0) is 17.3. The van der Waals surface area contributed by atoms with Gasteiger partial charge in [-0.05, 0) is 56.2 Å². The monoisotopic (exact) mass is 333 g/mol. The Morgan fingerprint density at radius 2 is 1.96 bits per heavy atom. The Morgan fingerprint density at radius 3 is 2.67 bits per heavy atom. The predicted octanol–water partition coefficient (Wildman–Crippen LogP) is 2.89. The highest BCUT2D eigenvalue weighted by molar-refractivity contribution is 5.35. The van der Waals surface area contributed by atoms with Crippen LogP contribution >= 0.6 is 0 Å². The highest BCUT2D eigenvalue weighted by Gasteiger charge is 2.29. The number of nitrogen functional groups attached to an aromatic ring is 1. The number of benzene rings is 1. The lowest BCUT2D eigenvalue weighted by Crippen LogP contribution is -2.31. The summed E-state index contributed by atoms with van der Waals surface area (Å²) in [5.41, 5.74) is 6.53. The van der Waals surface area contributed by atoms with Gasteiger partial charge in [0.25, 0.3) is 0 Å². The Bertz CT molecular complexity index is 717. The molecule has 0 aliphatic heterocycles. The predicted molar refractivity (Wildman–Crippen MR) is 88.6 cm³/mol. The number of hydrogen-bond donors (Lipinski definition) is 1. The van der Waals surface area contributed by atoms with Gasteiger partial charge in [-0.1, -0.05) is 6.07 Å². The quantitative estimate of drug-likeness (QED) is 0.932. The zero-order valence-electron chi connectivity index (χ0n) is 13.8. The molecule has 0 amide bonds. The molecule has 1 aliphatic rings. The van der Waals surface area contributed by atoms with Crippen molar-refractivity contribution < 1.29 is 8.78 Å². The average molecular weight is 333 g/mol. The fourth-order valence-electron chi connectivity index (χ4n) is 3.39. The van der Waals surface area contributed by atoms with E-state index in [0.29, 0.717) is 23.7 Å². The lowest BCUT2D eigenvalue weighted by Gasteiger charge is -2.25. The maximum atomic E-state index is 13.3. The standard InChI is InChI=1S/C17H21F2N5/c1-10-21-16(20)23-17(22-10)24(2)13-5-3-11(8-13)7-12-4-6-14(18)15(19)9-12/h4,6,9,11,13H,3,5,7-8H2,1-2H3,(H2,20,21,22,23)/t11-,13?/m0/s1. The third-order valence-electron chi connectivity index (χ3n) is 4.64. The Morgan fingerprint density at radius 1 is 1.17 bits per heavy atom. The number of hydrogen-bond acceptors (Lipinski definition) is 5. The Labute approximate surface area is 139 Å². The number of nitrogens with zero attached hydrogens (tertiary/aromatic N) is 4. The molecule has 0 spiro atoms. The first kappa shape index (κ1) is 16.5. The van der Waals surface area contributed by atoms with Crippen LogP contribution in [0.2, 0.25) is 0 Å². The summed E-state index contributed by atoms with van der Waals surface area (Å²) in [6, 6.07) is 4.45. The van der Waals surface area contributed by atoms with Crippen LogP contribution in [0.3, 0.4) is 0 Å². The van der Waals surface area contributed by atoms with E-state index in [4.69, 9.17) is 5.73 Å². The molecule has 1 aliphatic carbocycles. The van der Waals surface area contributed by atoms with E-state index in [-0.39, 0.29) is 5.95 Å². The van der Waals surface area contributed by atoms with E-state index < -0.39 is 11.6 Å². The van der Waals surface area contributed by atoms with Gasteiger partial charge < -0.3 is 10.6 Å². The first-order chi connectivity index (χ1) is 11.4. The van der Waals surface area contributed by atoms with Crippen LogP contribution in [0.4, 0.5) is 20.7 Å². The van der Waals surface area contributed by atoms with Gasteiger partial charge >= 0.3 is 0 Å². The summed E-state index contributed by atoms with van der Waals surface area (Å²) in [5.74, 6) is 0.253. The molecule has 1 saturated carbocycles. The fraction of sp³-hybridized carbons (Fsp3) is 0.471. The average Bonchev–Trinajstić information content (AvgIpc) is 2.98. The molecule has 0 bridgehead atoms. The van der Waals surface area contributed by atoms with E-state index in [2.05, 4.69) is 15.0 Å². The lowest BCUT2D eigenvalue weighted by molar-refractivity contribution is 0.498. The normalized spacial score (nSPS) is 20.3. The second kappa shape index (κ2) is 6.67. The first-order valence-electron chi connectivity index (χ1n) is 8.07. The molecule has 1 unspecified atom stereocenters. The van der Waals surface area contributed by atoms with Gasteiger partial charge in [0.05, 0.1) is 0 Å². The molecule has 2 atom stereocenters. The van der Waals surface area contributed by atoms with Crippen LogP contribution < -0.4 is 10.6 Å². The molecular formula is C17H21F2N5. The van der Waals surface area contributed by atoms with Crippen molar-refractivity contribution in [2.24, 2.45) is 5.92 Å². The van der Waals surface area contributed by atoms with Crippen molar-refractivity contribution in [3.05, 3.63) is 41.2 Å². The van der Waals surface area contributed by atoms with Crippen LogP contribution in [0.1, 0.15) is 30.7 Å². The summed E-state index contributed by atoms with van der Waals surface area (Å²) in [5, 5.41) is 0. The summed E-state index contributed by atoms with van der Waals surface area (Å²) < 4.78 is 26.4. The van der Waals surface area contributed by atoms with Crippen molar-refractivity contribution in [2.45, 2.75) is 38.6 Å². The zero-order valence-corrected chi connectivity index (χ0v) is 13.8. The van der Waals surface area contributed by atoms with Crippen molar-refractivity contribution in [3.63, 3.8) is 0 Å². The van der Waals surface area contributed by atoms with E-state index in [1.54, 1.807) is 13.0 Å². The van der Waals surface area contributed by atoms with Gasteiger partial charge in [0.2, 0.25) is 11.9 Å². The minimum Gasteiger partial charge on any atom is -0.368 e. The minimum atomic E-state index is -0.800. The smallest absolute Gasteiger partial charge is 0.230 e. The van der Waals surface area contributed by atoms with Crippen molar-refractivity contribution in [1.82, 2.24) is 15.0 Å². The summed E-state index contributed by atoms with van der Waals surface area (Å²) in [7, 11) is 1.96. The van der Waals surface area contributed by atoms with Crippen LogP contribution in [-0.2, 0) is 6.42 Å². The molecule has 1 fully saturated rings. The van der Waals surface area contributed by atoms with Crippen molar-refractivity contribution in [2.75, 3.05) is 17.7 Å². The Balaban J connectivity index is 1.65. The molecule has 1 aromatic carbocycles. The third-order valence-corrected chi connectivity index (χ3v) is 4.64. The van der Waals surface area contributed by atoms with E-state index in [1.807, 2.05) is 11.9 Å². The largest absolute Gasteiger partial charge is 0.368 e. The Hall–Kier alpha value is -2.31. The highest BCUT2D eigenvalue weighted by Crippen LogP contribution is 2.32. The molecule has 2 N–H and O–H groups in total. The Kier molecular flexibility index (Phi) is 4.59. The first-order valence-corrected chi connectivity index (χ1v) is 8.07. The number of nitrogens with two attached hydrogens (primary N) is 1. The fourth-order valence-corrected chi connectivity index (χ4v) is 3.39. The SMILES string of the molecule is Cc1nc(N)nc(N(C)C2CC[C@@H](Cc3ccc(F)c(F)c3)C2)n1. The molecule has 0 saturated heterocycles. The maximum Gasteiger partial charge on any atom is 0.230 e. The second-order valence-corrected chi connectivity index (χ2v) is 6.44. The van der Waals surface area contributed by atoms with Gasteiger partial charge in [0.1, 0.15) is 5.82 Å². The minimum absolute atomic E-state index is 0.223. The number of anilines is 2. The van der Waals surface area contributed by atoms with Gasteiger partial charge in [-0.2, -0.15) is 15.0 Å². The summed E-state index contributed by atoms with van der Waals surface area (Å²) in [6.45, 7) is 1.79. The van der Waals surface area contributed by atoms with Crippen molar-refractivity contribution in [1.29, 1.82) is 0 Å². The van der Waals surface area contributed by atoms with E-state index in [1.165, 1.54) is 12.1 Å². The number of aryl methyl sites for hydroxylation is 1. The van der Waals surface area contributed by atoms with Gasteiger partial charge in [-0.25, -0.2) is 8.78 Å². The molecule has 2 aromatic rings. The maximum absolute atomic E-state index is 13.3. The molecule has 24 heavy (non-hydrogen) atoms. The highest BCUT2D eigenvalue weighted by atomic mass is 19.2. The molecule has 7 heteroatoms. The molecule has 128 valence electrons. The molecule has 1 heterocycles. The second-order valence-electron chi connectivity index (χ2n) is 6.44.